The van der Waals surface area contributed by atoms with Crippen LogP contribution < -0.4 is 0 Å². The molecule has 0 spiro atoms. The molecule has 11 heavy (non-hydrogen) atoms. The van der Waals surface area contributed by atoms with Crippen molar-refractivity contribution >= 4 is 0 Å². The molecule has 0 radical (unpaired) electrons. The lowest BCUT2D eigenvalue weighted by molar-refractivity contribution is -0.923. The van der Waals surface area contributed by atoms with Crippen LogP contribution in [0.1, 0.15) is 42.0 Å². The summed E-state index contributed by atoms with van der Waals surface area (Å²) in [5.74, 6) is 0. The molecule has 0 amide bonds. The molecule has 0 rings (SSSR count). The first-order valence-corrected chi connectivity index (χ1v) is 5.09. The second kappa shape index (κ2) is 5.59. The quantitative estimate of drug-likeness (QED) is 0.523. The molecule has 1 heteroatoms. The van der Waals surface area contributed by atoms with Gasteiger partial charge in [-0.1, -0.05) is 13.3 Å². The van der Waals surface area contributed by atoms with Crippen LogP contribution >= 0.6 is 0 Å². The van der Waals surface area contributed by atoms with Crippen molar-refractivity contribution in [2.24, 2.45) is 0 Å². The van der Waals surface area contributed by atoms with Gasteiger partial charge in [-0.2, -0.15) is 0 Å². The van der Waals surface area contributed by atoms with E-state index in [-0.39, 0.29) is 1.43 Å². The third-order valence-electron chi connectivity index (χ3n) is 3.00. The molecule has 0 aromatic heterocycles. The van der Waals surface area contributed by atoms with E-state index in [1.54, 1.807) is 0 Å². The molecule has 0 saturated carbocycles. The molecule has 0 unspecified atom stereocenters. The van der Waals surface area contributed by atoms with Crippen molar-refractivity contribution in [3.05, 3.63) is 0 Å². The van der Waals surface area contributed by atoms with Crippen LogP contribution in [0.5, 0.6) is 0 Å². The highest BCUT2D eigenvalue weighted by Gasteiger charge is 2.18. The lowest BCUT2D eigenvalue weighted by Crippen LogP contribution is -2.48. The molecule has 0 aliphatic rings. The smallest absolute Gasteiger partial charge is 0.0786 e. The standard InChI is InChI=1S/C10H24N.H/c1-5-9-10-11(6-2,7-3)8-4;/h5-10H2,1-4H3;/q+1;-1. The van der Waals surface area contributed by atoms with Gasteiger partial charge in [-0.3, -0.25) is 0 Å². The molecular formula is C10H25N. The second-order valence-corrected chi connectivity index (χ2v) is 3.37. The lowest BCUT2D eigenvalue weighted by atomic mass is 10.2. The van der Waals surface area contributed by atoms with Crippen molar-refractivity contribution in [1.82, 2.24) is 0 Å². The Morgan fingerprint density at radius 3 is 1.64 bits per heavy atom. The van der Waals surface area contributed by atoms with Gasteiger partial charge in [0.1, 0.15) is 0 Å². The van der Waals surface area contributed by atoms with E-state index in [2.05, 4.69) is 27.7 Å². The number of hydrogen-bond donors (Lipinski definition) is 0. The first-order chi connectivity index (χ1) is 5.24. The van der Waals surface area contributed by atoms with Gasteiger partial charge in [0.05, 0.1) is 26.2 Å². The van der Waals surface area contributed by atoms with E-state index in [0.29, 0.717) is 0 Å². The number of rotatable bonds is 6. The first kappa shape index (κ1) is 11.0. The van der Waals surface area contributed by atoms with Crippen LogP contribution in [0.4, 0.5) is 0 Å². The molecule has 0 heterocycles. The Labute approximate surface area is 73.5 Å². The normalized spacial score (nSPS) is 12.0. The SMILES string of the molecule is CCCC[N+](CC)(CC)CC.[H-]. The van der Waals surface area contributed by atoms with Gasteiger partial charge in [0, 0.05) is 0 Å². The average molecular weight is 159 g/mol. The summed E-state index contributed by atoms with van der Waals surface area (Å²) in [6.45, 7) is 14.5. The second-order valence-electron chi connectivity index (χ2n) is 3.37. The highest BCUT2D eigenvalue weighted by atomic mass is 15.3. The zero-order valence-electron chi connectivity index (χ0n) is 9.69. The Hall–Kier alpha value is -0.0400. The van der Waals surface area contributed by atoms with Crippen LogP contribution in [0.25, 0.3) is 0 Å². The Bertz CT molecular complexity index is 81.6. The van der Waals surface area contributed by atoms with E-state index in [0.717, 1.165) is 0 Å². The fraction of sp³-hybridized carbons (Fsp3) is 1.00. The summed E-state index contributed by atoms with van der Waals surface area (Å²) >= 11 is 0. The Morgan fingerprint density at radius 1 is 0.909 bits per heavy atom. The Balaban J connectivity index is 0. The van der Waals surface area contributed by atoms with Gasteiger partial charge in [0.25, 0.3) is 0 Å². The largest absolute Gasteiger partial charge is 1.00 e. The first-order valence-electron chi connectivity index (χ1n) is 5.09. The minimum absolute atomic E-state index is 0. The summed E-state index contributed by atoms with van der Waals surface area (Å²) < 4.78 is 1.31. The van der Waals surface area contributed by atoms with Crippen LogP contribution in [-0.4, -0.2) is 30.7 Å². The molecule has 0 aliphatic heterocycles. The van der Waals surface area contributed by atoms with Crippen molar-refractivity contribution in [1.29, 1.82) is 0 Å². The fourth-order valence-electron chi connectivity index (χ4n) is 1.64. The fourth-order valence-corrected chi connectivity index (χ4v) is 1.64. The van der Waals surface area contributed by atoms with Gasteiger partial charge in [0.2, 0.25) is 0 Å². The van der Waals surface area contributed by atoms with E-state index < -0.39 is 0 Å². The van der Waals surface area contributed by atoms with Crippen molar-refractivity contribution in [2.75, 3.05) is 26.2 Å². The monoisotopic (exact) mass is 159 g/mol. The van der Waals surface area contributed by atoms with Crippen LogP contribution in [0, 0.1) is 0 Å². The Morgan fingerprint density at radius 2 is 1.36 bits per heavy atom. The van der Waals surface area contributed by atoms with Crippen LogP contribution in [-0.2, 0) is 0 Å². The molecule has 0 aromatic carbocycles. The summed E-state index contributed by atoms with van der Waals surface area (Å²) in [5.41, 5.74) is 0. The molecule has 0 N–H and O–H groups in total. The lowest BCUT2D eigenvalue weighted by Gasteiger charge is -2.35. The van der Waals surface area contributed by atoms with Gasteiger partial charge >= 0.3 is 0 Å². The minimum atomic E-state index is 0. The van der Waals surface area contributed by atoms with E-state index in [1.807, 2.05) is 0 Å². The number of nitrogens with zero attached hydrogens (tertiary/aromatic N) is 1. The van der Waals surface area contributed by atoms with Crippen molar-refractivity contribution in [3.8, 4) is 0 Å². The number of unbranched alkanes of at least 4 members (excludes halogenated alkanes) is 1. The predicted octanol–water partition coefficient (Wildman–Crippen LogP) is 2.78. The van der Waals surface area contributed by atoms with Gasteiger partial charge in [-0.25, -0.2) is 0 Å². The summed E-state index contributed by atoms with van der Waals surface area (Å²) in [4.78, 5) is 0. The van der Waals surface area contributed by atoms with Gasteiger partial charge in [0.15, 0.2) is 0 Å². The predicted molar refractivity (Wildman–Crippen MR) is 52.8 cm³/mol. The maximum absolute atomic E-state index is 2.31. The summed E-state index contributed by atoms with van der Waals surface area (Å²) in [7, 11) is 0. The average Bonchev–Trinajstić information content (AvgIpc) is 2.08. The van der Waals surface area contributed by atoms with Gasteiger partial charge < -0.3 is 5.91 Å². The molecule has 0 aromatic rings. The third-order valence-corrected chi connectivity index (χ3v) is 3.00. The number of hydrogen-bond acceptors (Lipinski definition) is 0. The van der Waals surface area contributed by atoms with Crippen molar-refractivity contribution in [3.63, 3.8) is 0 Å². The maximum Gasteiger partial charge on any atom is 0.0786 e. The summed E-state index contributed by atoms with van der Waals surface area (Å²) in [5, 5.41) is 0. The minimum Gasteiger partial charge on any atom is -1.00 e. The third kappa shape index (κ3) is 3.24. The molecule has 70 valence electrons. The molecule has 0 atom stereocenters. The van der Waals surface area contributed by atoms with Crippen LogP contribution in [0.2, 0.25) is 0 Å². The van der Waals surface area contributed by atoms with E-state index >= 15 is 0 Å². The number of quaternary nitrogens is 1. The zero-order chi connectivity index (χ0) is 8.74. The molecule has 0 aliphatic carbocycles. The topological polar surface area (TPSA) is 0 Å². The Kier molecular flexibility index (Phi) is 5.57. The van der Waals surface area contributed by atoms with E-state index in [1.165, 1.54) is 43.5 Å². The van der Waals surface area contributed by atoms with Crippen LogP contribution in [0.3, 0.4) is 0 Å². The van der Waals surface area contributed by atoms with Gasteiger partial charge in [-0.05, 0) is 27.2 Å². The van der Waals surface area contributed by atoms with E-state index in [9.17, 15) is 0 Å². The van der Waals surface area contributed by atoms with Crippen LogP contribution in [0.15, 0.2) is 0 Å². The highest BCUT2D eigenvalue weighted by molar-refractivity contribution is 4.38. The molecule has 1 nitrogen and oxygen atoms in total. The highest BCUT2D eigenvalue weighted by Crippen LogP contribution is 2.07. The molecule has 0 saturated heterocycles. The summed E-state index contributed by atoms with van der Waals surface area (Å²) in [6, 6.07) is 0. The van der Waals surface area contributed by atoms with E-state index in [4.69, 9.17) is 0 Å². The molecule has 0 bridgehead atoms. The molecule has 0 fully saturated rings. The summed E-state index contributed by atoms with van der Waals surface area (Å²) in [6.07, 6.45) is 2.72. The zero-order valence-corrected chi connectivity index (χ0v) is 8.69. The maximum atomic E-state index is 2.31. The van der Waals surface area contributed by atoms with Crippen molar-refractivity contribution in [2.45, 2.75) is 40.5 Å². The molecular weight excluding hydrogens is 134 g/mol. The van der Waals surface area contributed by atoms with Crippen molar-refractivity contribution < 1.29 is 5.91 Å². The van der Waals surface area contributed by atoms with Gasteiger partial charge in [-0.15, -0.1) is 0 Å².